The lowest BCUT2D eigenvalue weighted by atomic mass is 10.2. The van der Waals surface area contributed by atoms with Crippen molar-refractivity contribution in [1.82, 2.24) is 15.3 Å². The molecule has 0 bridgehead atoms. The lowest BCUT2D eigenvalue weighted by molar-refractivity contribution is 0.0948. The third-order valence-electron chi connectivity index (χ3n) is 3.13. The molecule has 0 saturated carbocycles. The first kappa shape index (κ1) is 17.5. The second-order valence-electron chi connectivity index (χ2n) is 4.98. The Morgan fingerprint density at radius 1 is 1.17 bits per heavy atom. The van der Waals surface area contributed by atoms with Crippen LogP contribution in [0.4, 0.5) is 11.6 Å². The predicted octanol–water partition coefficient (Wildman–Crippen LogP) is 4.45. The molecule has 0 aliphatic rings. The number of halogens is 2. The first-order valence-electron chi connectivity index (χ1n) is 7.43. The molecule has 0 unspecified atom stereocenters. The van der Waals surface area contributed by atoms with E-state index in [1.165, 1.54) is 6.20 Å². The summed E-state index contributed by atoms with van der Waals surface area (Å²) >= 11 is 11.8. The maximum atomic E-state index is 12.0. The number of carbonyl (C=O) groups excluding carboxylic acids is 1. The van der Waals surface area contributed by atoms with Crippen molar-refractivity contribution in [3.8, 4) is 0 Å². The zero-order valence-electron chi connectivity index (χ0n) is 12.8. The number of nitrogens with zero attached hydrogens (tertiary/aromatic N) is 2. The molecular weight excluding hydrogens is 335 g/mol. The van der Waals surface area contributed by atoms with Crippen LogP contribution in [-0.2, 0) is 0 Å². The normalized spacial score (nSPS) is 10.4. The molecule has 1 heterocycles. The van der Waals surface area contributed by atoms with Crippen molar-refractivity contribution in [2.45, 2.75) is 26.2 Å². The van der Waals surface area contributed by atoms with Gasteiger partial charge in [0.2, 0.25) is 5.95 Å². The Balaban J connectivity index is 2.01. The van der Waals surface area contributed by atoms with Crippen molar-refractivity contribution in [3.63, 3.8) is 0 Å². The zero-order valence-corrected chi connectivity index (χ0v) is 14.3. The van der Waals surface area contributed by atoms with Crippen LogP contribution in [0.25, 0.3) is 0 Å². The molecular formula is C16H18Cl2N4O. The molecule has 1 aromatic heterocycles. The fraction of sp³-hybridized carbons (Fsp3) is 0.312. The molecule has 0 fully saturated rings. The second kappa shape index (κ2) is 8.70. The highest BCUT2D eigenvalue weighted by Crippen LogP contribution is 2.26. The Morgan fingerprint density at radius 2 is 2.00 bits per heavy atom. The largest absolute Gasteiger partial charge is 0.351 e. The van der Waals surface area contributed by atoms with Gasteiger partial charge < -0.3 is 10.6 Å². The van der Waals surface area contributed by atoms with Crippen LogP contribution in [0.1, 0.15) is 36.7 Å². The van der Waals surface area contributed by atoms with E-state index in [4.69, 9.17) is 23.2 Å². The number of amides is 1. The van der Waals surface area contributed by atoms with E-state index in [9.17, 15) is 4.79 Å². The summed E-state index contributed by atoms with van der Waals surface area (Å²) in [4.78, 5) is 20.4. The molecule has 5 nitrogen and oxygen atoms in total. The highest BCUT2D eigenvalue weighted by atomic mass is 35.5. The Morgan fingerprint density at radius 3 is 2.74 bits per heavy atom. The average Bonchev–Trinajstić information content (AvgIpc) is 2.55. The molecule has 0 spiro atoms. The fourth-order valence-corrected chi connectivity index (χ4v) is 2.21. The standard InChI is InChI=1S/C16H18Cl2N4O/c1-2-3-4-8-19-15(23)14-7-9-20-16(22-14)21-11-5-6-12(17)13(18)10-11/h5-7,9-10H,2-4,8H2,1H3,(H,19,23)(H,20,21,22). The van der Waals surface area contributed by atoms with E-state index in [1.54, 1.807) is 24.3 Å². The topological polar surface area (TPSA) is 66.9 Å². The van der Waals surface area contributed by atoms with Gasteiger partial charge in [0.25, 0.3) is 5.91 Å². The smallest absolute Gasteiger partial charge is 0.270 e. The van der Waals surface area contributed by atoms with E-state index in [1.807, 2.05) is 0 Å². The second-order valence-corrected chi connectivity index (χ2v) is 5.80. The Bertz CT molecular complexity index is 679. The minimum Gasteiger partial charge on any atom is -0.351 e. The maximum absolute atomic E-state index is 12.0. The van der Waals surface area contributed by atoms with Crippen LogP contribution in [0, 0.1) is 0 Å². The van der Waals surface area contributed by atoms with Gasteiger partial charge in [0.15, 0.2) is 0 Å². The summed E-state index contributed by atoms with van der Waals surface area (Å²) in [6, 6.07) is 6.69. The fourth-order valence-electron chi connectivity index (χ4n) is 1.92. The number of carbonyl (C=O) groups is 1. The van der Waals surface area contributed by atoms with E-state index in [0.29, 0.717) is 33.9 Å². The van der Waals surface area contributed by atoms with Crippen LogP contribution >= 0.6 is 23.2 Å². The van der Waals surface area contributed by atoms with Gasteiger partial charge in [0.1, 0.15) is 5.69 Å². The van der Waals surface area contributed by atoms with Gasteiger partial charge >= 0.3 is 0 Å². The highest BCUT2D eigenvalue weighted by molar-refractivity contribution is 6.42. The molecule has 7 heteroatoms. The average molecular weight is 353 g/mol. The number of nitrogens with one attached hydrogen (secondary N) is 2. The van der Waals surface area contributed by atoms with Crippen LogP contribution in [0.5, 0.6) is 0 Å². The van der Waals surface area contributed by atoms with Crippen LogP contribution < -0.4 is 10.6 Å². The van der Waals surface area contributed by atoms with Gasteiger partial charge in [-0.15, -0.1) is 0 Å². The van der Waals surface area contributed by atoms with Gasteiger partial charge in [-0.3, -0.25) is 4.79 Å². The monoisotopic (exact) mass is 352 g/mol. The van der Waals surface area contributed by atoms with Gasteiger partial charge in [-0.1, -0.05) is 43.0 Å². The van der Waals surface area contributed by atoms with E-state index >= 15 is 0 Å². The maximum Gasteiger partial charge on any atom is 0.270 e. The minimum absolute atomic E-state index is 0.208. The van der Waals surface area contributed by atoms with Crippen molar-refractivity contribution < 1.29 is 4.79 Å². The molecule has 0 saturated heterocycles. The van der Waals surface area contributed by atoms with E-state index < -0.39 is 0 Å². The summed E-state index contributed by atoms with van der Waals surface area (Å²) in [5.74, 6) is 0.116. The molecule has 2 rings (SSSR count). The highest BCUT2D eigenvalue weighted by Gasteiger charge is 2.09. The van der Waals surface area contributed by atoms with Gasteiger partial charge in [0, 0.05) is 18.4 Å². The predicted molar refractivity (Wildman–Crippen MR) is 93.6 cm³/mol. The summed E-state index contributed by atoms with van der Waals surface area (Å²) in [6.07, 6.45) is 4.70. The molecule has 0 radical (unpaired) electrons. The zero-order chi connectivity index (χ0) is 16.7. The van der Waals surface area contributed by atoms with Crippen LogP contribution in [-0.4, -0.2) is 22.4 Å². The van der Waals surface area contributed by atoms with E-state index in [0.717, 1.165) is 19.3 Å². The van der Waals surface area contributed by atoms with Gasteiger partial charge in [-0.2, -0.15) is 0 Å². The van der Waals surface area contributed by atoms with Crippen LogP contribution in [0.15, 0.2) is 30.5 Å². The van der Waals surface area contributed by atoms with Crippen LogP contribution in [0.3, 0.4) is 0 Å². The van der Waals surface area contributed by atoms with Crippen molar-refractivity contribution in [2.24, 2.45) is 0 Å². The molecule has 0 atom stereocenters. The van der Waals surface area contributed by atoms with E-state index in [2.05, 4.69) is 27.5 Å². The van der Waals surface area contributed by atoms with Gasteiger partial charge in [-0.05, 0) is 30.7 Å². The molecule has 122 valence electrons. The van der Waals surface area contributed by atoms with Crippen molar-refractivity contribution in [2.75, 3.05) is 11.9 Å². The minimum atomic E-state index is -0.208. The molecule has 1 amide bonds. The number of hydrogen-bond donors (Lipinski definition) is 2. The first-order valence-corrected chi connectivity index (χ1v) is 8.19. The summed E-state index contributed by atoms with van der Waals surface area (Å²) in [5, 5.41) is 6.75. The number of unbranched alkanes of at least 4 members (excludes halogenated alkanes) is 2. The molecule has 0 aliphatic carbocycles. The van der Waals surface area contributed by atoms with Gasteiger partial charge in [0.05, 0.1) is 10.0 Å². The van der Waals surface area contributed by atoms with Crippen LogP contribution in [0.2, 0.25) is 10.0 Å². The lowest BCUT2D eigenvalue weighted by Gasteiger charge is -2.08. The van der Waals surface area contributed by atoms with Gasteiger partial charge in [-0.25, -0.2) is 9.97 Å². The number of benzene rings is 1. The Hall–Kier alpha value is -1.85. The summed E-state index contributed by atoms with van der Waals surface area (Å²) < 4.78 is 0. The molecule has 1 aromatic carbocycles. The molecule has 2 aromatic rings. The number of anilines is 2. The van der Waals surface area contributed by atoms with Crippen molar-refractivity contribution in [1.29, 1.82) is 0 Å². The SMILES string of the molecule is CCCCCNC(=O)c1ccnc(Nc2ccc(Cl)c(Cl)c2)n1. The summed E-state index contributed by atoms with van der Waals surface area (Å²) in [6.45, 7) is 2.76. The quantitative estimate of drug-likeness (QED) is 0.722. The molecule has 23 heavy (non-hydrogen) atoms. The summed E-state index contributed by atoms with van der Waals surface area (Å²) in [5.41, 5.74) is 1.01. The third kappa shape index (κ3) is 5.37. The lowest BCUT2D eigenvalue weighted by Crippen LogP contribution is -2.25. The Labute approximate surface area is 145 Å². The first-order chi connectivity index (χ1) is 11.1. The third-order valence-corrected chi connectivity index (χ3v) is 3.87. The Kier molecular flexibility index (Phi) is 6.62. The number of hydrogen-bond acceptors (Lipinski definition) is 4. The van der Waals surface area contributed by atoms with E-state index in [-0.39, 0.29) is 5.91 Å². The molecule has 0 aliphatic heterocycles. The van der Waals surface area contributed by atoms with Crippen molar-refractivity contribution in [3.05, 3.63) is 46.2 Å². The summed E-state index contributed by atoms with van der Waals surface area (Å²) in [7, 11) is 0. The van der Waals surface area contributed by atoms with Crippen molar-refractivity contribution >= 4 is 40.7 Å². The molecule has 2 N–H and O–H groups in total. The number of aromatic nitrogens is 2. The number of rotatable bonds is 7.